The molecule has 31 heteroatoms. The minimum atomic E-state index is -0.277. The van der Waals surface area contributed by atoms with Gasteiger partial charge >= 0.3 is 4.28 Å². The highest BCUT2D eigenvalue weighted by Gasteiger charge is 2.17. The lowest BCUT2D eigenvalue weighted by Gasteiger charge is -2.24. The molecule has 0 saturated carbocycles. The van der Waals surface area contributed by atoms with Gasteiger partial charge in [-0.15, -0.1) is 22.2 Å². The van der Waals surface area contributed by atoms with Crippen molar-refractivity contribution in [2.45, 2.75) is 33.8 Å². The first kappa shape index (κ1) is 82.8. The van der Waals surface area contributed by atoms with Crippen LogP contribution in [0.2, 0.25) is 0 Å². The number of nitroso groups, excluding NO2 is 2. The summed E-state index contributed by atoms with van der Waals surface area (Å²) in [5, 5.41) is 157. The van der Waals surface area contributed by atoms with Crippen LogP contribution in [0.4, 0.5) is 45.5 Å². The second kappa shape index (κ2) is 52.8. The van der Waals surface area contributed by atoms with Gasteiger partial charge in [-0.3, -0.25) is 10.7 Å². The van der Waals surface area contributed by atoms with Crippen molar-refractivity contribution in [3.05, 3.63) is 129 Å². The van der Waals surface area contributed by atoms with Gasteiger partial charge in [0.05, 0.1) is 98.6 Å². The van der Waals surface area contributed by atoms with Crippen LogP contribution in [0.1, 0.15) is 35.3 Å². The van der Waals surface area contributed by atoms with Crippen molar-refractivity contribution < 1.29 is 97.5 Å². The predicted octanol–water partition coefficient (Wildman–Crippen LogP) is 0.268. The standard InChI is InChI=1S/C11H18N2O4.2C11H16N2O4.C11H18N2O3.C11H17N2O3.CH4.ClH.H2O.H3P/c3*14-5-3-13(4-6-15)10-1-2-11(12-17)9(7-10)8-16;2*12-11-2-1-10(7-9(11)8-16)13(3-5-14)4-6-15;;;;/h1-2,7,12,14-17H,3-6,8H2;2*1-2,7,14-16H,3-6,8H2;1-2,7,14-16H,3-6,8,12H2;1-2,7,12,14-16H,3-6,8H2;1H4;1H;1H2;1H3/q;;;;+1;;;;/p+2/i;;;;;1D;;;1D. The lowest BCUT2D eigenvalue weighted by molar-refractivity contribution is -0.530. The third kappa shape index (κ3) is 31.0. The Balaban J connectivity index is -0.000000191. The maximum absolute atomic E-state index is 10.5. The van der Waals surface area contributed by atoms with Gasteiger partial charge < -0.3 is 113 Å². The van der Waals surface area contributed by atoms with E-state index in [2.05, 4.69) is 10.4 Å². The quantitative estimate of drug-likeness (QED) is 0.00779. The van der Waals surface area contributed by atoms with Gasteiger partial charge in [-0.25, -0.2) is 4.58 Å². The molecule has 0 aromatic heterocycles. The van der Waals surface area contributed by atoms with Crippen LogP contribution >= 0.6 is 22.3 Å². The number of anilines is 6. The average molecular weight is 1280 g/mol. The molecular weight excluding hydrogens is 1180 g/mol. The molecule has 0 aliphatic heterocycles. The van der Waals surface area contributed by atoms with Crippen LogP contribution in [0.3, 0.4) is 0 Å². The SMILES string of the molecule is Cl.N=C1C=CC(=[N+](CCO)CCO)C=C1CO.Nc1ccc(N(CCO)CCO)cc1CO.O=Nc1ccc(N(CCO)CCO)cc1CO.O=Nc1ccc(N(CCO)CCO)cc1CO.OCCN(CCO)c1ccc(NO)c(CO)c1.[2H]C.[2H]P.[H+].[H+].[H+].[OH-]. The van der Waals surface area contributed by atoms with Crippen molar-refractivity contribution in [2.75, 3.05) is 169 Å². The van der Waals surface area contributed by atoms with Gasteiger partial charge in [-0.05, 0) is 89.2 Å². The summed E-state index contributed by atoms with van der Waals surface area (Å²) in [6.07, 6.45) is 5.04. The molecule has 5 rings (SSSR count). The summed E-state index contributed by atoms with van der Waals surface area (Å²) in [6.45, 7) is 2.78. The number of rotatable bonds is 32. The van der Waals surface area contributed by atoms with Crippen LogP contribution in [0.5, 0.6) is 0 Å². The van der Waals surface area contributed by atoms with Gasteiger partial charge in [0, 0.05) is 122 Å². The van der Waals surface area contributed by atoms with E-state index in [0.717, 1.165) is 28.5 Å². The summed E-state index contributed by atoms with van der Waals surface area (Å²) in [5.41, 5.74) is 15.8. The summed E-state index contributed by atoms with van der Waals surface area (Å²) < 4.78 is 13.2. The lowest BCUT2D eigenvalue weighted by Crippen LogP contribution is -2.29. The van der Waals surface area contributed by atoms with E-state index in [1.165, 1.54) is 19.5 Å². The smallest absolute Gasteiger partial charge is 0.870 e. The average Bonchev–Trinajstić information content (AvgIpc) is 3.75. The Morgan fingerprint density at radius 1 is 0.506 bits per heavy atom. The molecule has 0 heterocycles. The second-order valence-electron chi connectivity index (χ2n) is 17.4. The van der Waals surface area contributed by atoms with Gasteiger partial charge in [0.1, 0.15) is 24.6 Å². The molecule has 1 atom stereocenters. The van der Waals surface area contributed by atoms with Crippen molar-refractivity contribution in [2.24, 2.45) is 10.4 Å². The van der Waals surface area contributed by atoms with E-state index < -0.39 is 0 Å². The molecule has 0 spiro atoms. The van der Waals surface area contributed by atoms with Crippen molar-refractivity contribution in [3.63, 3.8) is 0 Å². The highest BCUT2D eigenvalue weighted by molar-refractivity contribution is 6.92. The first-order valence-corrected chi connectivity index (χ1v) is 26.3. The van der Waals surface area contributed by atoms with E-state index in [1.807, 2.05) is 10.4 Å². The number of nitrogens with zero attached hydrogens (tertiary/aromatic N) is 7. The molecule has 0 bridgehead atoms. The largest absolute Gasteiger partial charge is 1.00 e. The molecule has 4 aromatic carbocycles. The molecule has 1 unspecified atom stereocenters. The van der Waals surface area contributed by atoms with Gasteiger partial charge in [0.2, 0.25) is 5.71 Å². The maximum atomic E-state index is 10.5. The fraction of sp³-hybridized carbons (Fsp3) is 0.464. The molecule has 1 aliphatic carbocycles. The number of nitrogens with two attached hydrogens (primary N) is 1. The molecule has 0 fully saturated rings. The van der Waals surface area contributed by atoms with Crippen LogP contribution in [0.15, 0.2) is 107 Å². The van der Waals surface area contributed by atoms with Crippen molar-refractivity contribution in [3.8, 4) is 0 Å². The zero-order valence-corrected chi connectivity index (χ0v) is 50.9. The Bertz CT molecular complexity index is 2520. The first-order chi connectivity index (χ1) is 42.2. The lowest BCUT2D eigenvalue weighted by atomic mass is 10.0. The minimum absolute atomic E-state index is 0. The molecule has 0 amide bonds. The number of hydrogen-bond acceptors (Lipinski definition) is 28. The van der Waals surface area contributed by atoms with Crippen LogP contribution in [0.25, 0.3) is 0 Å². The topological polar surface area (TPSA) is 490 Å². The Kier molecular flexibility index (Phi) is 50.3. The predicted molar refractivity (Wildman–Crippen MR) is 347 cm³/mol. The van der Waals surface area contributed by atoms with Gasteiger partial charge in [-0.1, -0.05) is 7.40 Å². The van der Waals surface area contributed by atoms with E-state index in [4.69, 9.17) is 95.6 Å². The number of aliphatic hydroxyl groups excluding tert-OH is 15. The Morgan fingerprint density at radius 2 is 0.828 bits per heavy atom. The molecule has 29 nitrogen and oxygen atoms in total. The van der Waals surface area contributed by atoms with Crippen LogP contribution in [-0.2, 0) is 26.4 Å². The van der Waals surface area contributed by atoms with E-state index in [0.29, 0.717) is 110 Å². The number of nitrogen functional groups attached to an aromatic ring is 1. The van der Waals surface area contributed by atoms with Gasteiger partial charge in [0.15, 0.2) is 13.1 Å². The minimum Gasteiger partial charge on any atom is -0.870 e. The van der Waals surface area contributed by atoms with E-state index in [9.17, 15) is 9.81 Å². The first-order valence-electron chi connectivity index (χ1n) is 27.9. The van der Waals surface area contributed by atoms with Crippen molar-refractivity contribution >= 4 is 79.2 Å². The summed E-state index contributed by atoms with van der Waals surface area (Å²) in [6, 6.07) is 20.0. The molecule has 0 radical (unpaired) electrons. The summed E-state index contributed by atoms with van der Waals surface area (Å²) >= 11 is 0. The summed E-state index contributed by atoms with van der Waals surface area (Å²) in [4.78, 5) is 28.1. The molecule has 0 saturated heterocycles. The van der Waals surface area contributed by atoms with E-state index in [1.54, 1.807) is 108 Å². The highest BCUT2D eigenvalue weighted by Crippen LogP contribution is 2.28. The Labute approximate surface area is 523 Å². The normalized spacial score (nSPS) is 10.9. The van der Waals surface area contributed by atoms with Crippen molar-refractivity contribution in [1.82, 2.24) is 0 Å². The Hall–Kier alpha value is -6.26. The third-order valence-corrected chi connectivity index (χ3v) is 12.1. The molecule has 21 N–H and O–H groups in total. The summed E-state index contributed by atoms with van der Waals surface area (Å²) in [7, 11) is 2.92. The molecule has 4 aromatic rings. The zero-order valence-electron chi connectivity index (χ0n) is 54.0. The molecule has 494 valence electrons. The maximum Gasteiger partial charge on any atom is 1.00 e. The van der Waals surface area contributed by atoms with Crippen LogP contribution in [-0.4, -0.2) is 243 Å². The Morgan fingerprint density at radius 3 is 1.13 bits per heavy atom. The third-order valence-electron chi connectivity index (χ3n) is 12.1. The van der Waals surface area contributed by atoms with E-state index in [-0.39, 0.29) is 133 Å². The molecule has 87 heavy (non-hydrogen) atoms. The fourth-order valence-electron chi connectivity index (χ4n) is 7.88. The summed E-state index contributed by atoms with van der Waals surface area (Å²) in [5.74, 6) is 0. The number of aliphatic hydroxyl groups is 15. The molecule has 1 aliphatic rings. The van der Waals surface area contributed by atoms with Crippen molar-refractivity contribution in [1.29, 1.82) is 6.69 Å². The molecular formula is C56H97ClN10O19P+3. The second-order valence-corrected chi connectivity index (χ2v) is 17.4. The van der Waals surface area contributed by atoms with Gasteiger partial charge in [-0.2, -0.15) is 9.84 Å². The number of benzene rings is 4. The monoisotopic (exact) mass is 1280 g/mol. The van der Waals surface area contributed by atoms with Crippen LogP contribution < -0.4 is 30.8 Å². The number of allylic oxidation sites excluding steroid dienone is 3. The number of halogens is 1. The zero-order chi connectivity index (χ0) is 66.0. The van der Waals surface area contributed by atoms with Gasteiger partial charge in [0.25, 0.3) is 0 Å². The fourth-order valence-corrected chi connectivity index (χ4v) is 7.88. The van der Waals surface area contributed by atoms with E-state index >= 15 is 0 Å². The van der Waals surface area contributed by atoms with Crippen LogP contribution in [0, 0.1) is 15.2 Å². The number of nitrogens with one attached hydrogen (secondary N) is 2. The highest BCUT2D eigenvalue weighted by atomic mass is 35.5. The number of hydrogen-bond donors (Lipinski definition) is 19.